The molecular weight excluding hydrogens is 262 g/mol. The van der Waals surface area contributed by atoms with Crippen LogP contribution in [0.15, 0.2) is 24.3 Å². The molecule has 1 aromatic rings. The minimum atomic E-state index is -0.145. The summed E-state index contributed by atoms with van der Waals surface area (Å²) in [7, 11) is 1.88. The fourth-order valence-electron chi connectivity index (χ4n) is 2.91. The Kier molecular flexibility index (Phi) is 3.40. The molecule has 19 heavy (non-hydrogen) atoms. The van der Waals surface area contributed by atoms with Crippen molar-refractivity contribution >= 4 is 17.5 Å². The van der Waals surface area contributed by atoms with Gasteiger partial charge in [-0.25, -0.2) is 0 Å². The van der Waals surface area contributed by atoms with Crippen LogP contribution >= 0.6 is 11.6 Å². The van der Waals surface area contributed by atoms with Crippen LogP contribution in [0.25, 0.3) is 0 Å². The molecule has 1 aromatic carbocycles. The molecule has 0 N–H and O–H groups in total. The van der Waals surface area contributed by atoms with E-state index in [2.05, 4.69) is 0 Å². The van der Waals surface area contributed by atoms with E-state index in [0.717, 1.165) is 30.7 Å². The molecule has 2 aliphatic rings. The van der Waals surface area contributed by atoms with E-state index >= 15 is 0 Å². The third kappa shape index (κ3) is 2.44. The fourth-order valence-corrected chi connectivity index (χ4v) is 3.42. The topological polar surface area (TPSA) is 29.5 Å². The molecule has 1 aliphatic heterocycles. The van der Waals surface area contributed by atoms with Crippen LogP contribution in [-0.4, -0.2) is 36.4 Å². The van der Waals surface area contributed by atoms with Crippen LogP contribution in [0, 0.1) is 5.92 Å². The summed E-state index contributed by atoms with van der Waals surface area (Å²) >= 11 is 5.98. The summed E-state index contributed by atoms with van der Waals surface area (Å²) in [6.07, 6.45) is 2.05. The number of carbonyl (C=O) groups excluding carboxylic acids is 1. The Labute approximate surface area is 118 Å². The fraction of sp³-hybridized carbons (Fsp3) is 0.533. The molecule has 0 spiro atoms. The first-order valence-electron chi connectivity index (χ1n) is 6.76. The first-order valence-corrected chi connectivity index (χ1v) is 7.19. The number of benzene rings is 1. The molecule has 0 radical (unpaired) electrons. The van der Waals surface area contributed by atoms with E-state index in [1.165, 1.54) is 0 Å². The van der Waals surface area contributed by atoms with Gasteiger partial charge in [0.05, 0.1) is 0 Å². The van der Waals surface area contributed by atoms with Crippen molar-refractivity contribution < 1.29 is 9.53 Å². The molecular formula is C15H18ClNO2. The molecule has 0 aromatic heterocycles. The van der Waals surface area contributed by atoms with Gasteiger partial charge in [-0.1, -0.05) is 18.2 Å². The van der Waals surface area contributed by atoms with Crippen molar-refractivity contribution in [1.29, 1.82) is 0 Å². The molecule has 1 unspecified atom stereocenters. The highest BCUT2D eigenvalue weighted by molar-refractivity contribution is 6.21. The molecule has 102 valence electrons. The van der Waals surface area contributed by atoms with Crippen molar-refractivity contribution in [3.05, 3.63) is 29.8 Å². The van der Waals surface area contributed by atoms with Crippen molar-refractivity contribution in [2.24, 2.45) is 5.92 Å². The third-order valence-corrected chi connectivity index (χ3v) is 4.44. The molecule has 4 heteroatoms. The summed E-state index contributed by atoms with van der Waals surface area (Å²) in [4.78, 5) is 14.3. The monoisotopic (exact) mass is 279 g/mol. The van der Waals surface area contributed by atoms with Gasteiger partial charge in [0.25, 0.3) is 0 Å². The number of likely N-dealkylation sites (N-methyl/N-ethyl adjacent to an activating group) is 1. The van der Waals surface area contributed by atoms with Gasteiger partial charge in [-0.15, -0.1) is 11.6 Å². The zero-order valence-corrected chi connectivity index (χ0v) is 11.8. The average Bonchev–Trinajstić information content (AvgIpc) is 2.79. The van der Waals surface area contributed by atoms with Gasteiger partial charge in [0.1, 0.15) is 18.3 Å². The normalized spacial score (nSPS) is 28.2. The highest BCUT2D eigenvalue weighted by atomic mass is 35.5. The van der Waals surface area contributed by atoms with E-state index in [-0.39, 0.29) is 11.8 Å². The summed E-state index contributed by atoms with van der Waals surface area (Å²) in [6.45, 7) is 1.27. The zero-order valence-electron chi connectivity index (χ0n) is 11.0. The van der Waals surface area contributed by atoms with Crippen molar-refractivity contribution in [3.8, 4) is 5.75 Å². The maximum absolute atomic E-state index is 12.5. The highest BCUT2D eigenvalue weighted by Gasteiger charge is 2.34. The Bertz CT molecular complexity index is 485. The van der Waals surface area contributed by atoms with E-state index in [9.17, 15) is 4.79 Å². The number of rotatable bonds is 3. The molecule has 1 heterocycles. The lowest BCUT2D eigenvalue weighted by Crippen LogP contribution is -2.40. The number of hydrogen-bond acceptors (Lipinski definition) is 2. The lowest BCUT2D eigenvalue weighted by Gasteiger charge is -2.34. The Morgan fingerprint density at radius 3 is 2.89 bits per heavy atom. The van der Waals surface area contributed by atoms with Crippen molar-refractivity contribution in [2.75, 3.05) is 20.2 Å². The number of fused-ring (bicyclic) bond motifs is 1. The van der Waals surface area contributed by atoms with Crippen LogP contribution in [0.2, 0.25) is 0 Å². The van der Waals surface area contributed by atoms with E-state index in [4.69, 9.17) is 16.3 Å². The number of nitrogens with zero attached hydrogens (tertiary/aromatic N) is 1. The predicted molar refractivity (Wildman–Crippen MR) is 74.7 cm³/mol. The molecule has 1 atom stereocenters. The standard InChI is InChI=1S/C15H18ClNO2/c1-17(8-10-6-11(16)7-10)15(18)13-9-19-14-5-3-2-4-12(13)14/h2-5,10-11,13H,6-9H2,1H3. The quantitative estimate of drug-likeness (QED) is 0.796. The lowest BCUT2D eigenvalue weighted by molar-refractivity contribution is -0.132. The second-order valence-corrected chi connectivity index (χ2v) is 6.17. The molecule has 3 rings (SSSR count). The van der Waals surface area contributed by atoms with Crippen LogP contribution < -0.4 is 4.74 Å². The molecule has 1 saturated carbocycles. The zero-order chi connectivity index (χ0) is 13.4. The Morgan fingerprint density at radius 2 is 2.16 bits per heavy atom. The number of alkyl halides is 1. The SMILES string of the molecule is CN(CC1CC(Cl)C1)C(=O)C1COc2ccccc21. The largest absolute Gasteiger partial charge is 0.492 e. The Hall–Kier alpha value is -1.22. The highest BCUT2D eigenvalue weighted by Crippen LogP contribution is 2.36. The maximum Gasteiger partial charge on any atom is 0.233 e. The van der Waals surface area contributed by atoms with Crippen molar-refractivity contribution in [1.82, 2.24) is 4.90 Å². The van der Waals surface area contributed by atoms with Gasteiger partial charge in [0.2, 0.25) is 5.91 Å². The van der Waals surface area contributed by atoms with Gasteiger partial charge in [-0.3, -0.25) is 4.79 Å². The van der Waals surface area contributed by atoms with Gasteiger partial charge >= 0.3 is 0 Å². The minimum absolute atomic E-state index is 0.145. The van der Waals surface area contributed by atoms with E-state index in [0.29, 0.717) is 17.9 Å². The van der Waals surface area contributed by atoms with E-state index in [1.807, 2.05) is 36.2 Å². The van der Waals surface area contributed by atoms with Crippen LogP contribution in [-0.2, 0) is 4.79 Å². The summed E-state index contributed by atoms with van der Waals surface area (Å²) in [5.74, 6) is 1.42. The average molecular weight is 280 g/mol. The van der Waals surface area contributed by atoms with Gasteiger partial charge in [0, 0.05) is 24.5 Å². The first kappa shape index (κ1) is 12.8. The smallest absolute Gasteiger partial charge is 0.233 e. The number of ether oxygens (including phenoxy) is 1. The molecule has 1 aliphatic carbocycles. The summed E-state index contributed by atoms with van der Waals surface area (Å²) < 4.78 is 5.58. The number of para-hydroxylation sites is 1. The number of halogens is 1. The molecule has 1 fully saturated rings. The van der Waals surface area contributed by atoms with E-state index < -0.39 is 0 Å². The van der Waals surface area contributed by atoms with Gasteiger partial charge < -0.3 is 9.64 Å². The minimum Gasteiger partial charge on any atom is -0.492 e. The second-order valence-electron chi connectivity index (χ2n) is 5.55. The maximum atomic E-state index is 12.5. The summed E-state index contributed by atoms with van der Waals surface area (Å²) in [5.41, 5.74) is 1.02. The molecule has 3 nitrogen and oxygen atoms in total. The van der Waals surface area contributed by atoms with Crippen molar-refractivity contribution in [3.63, 3.8) is 0 Å². The van der Waals surface area contributed by atoms with Crippen LogP contribution in [0.1, 0.15) is 24.3 Å². The summed E-state index contributed by atoms with van der Waals surface area (Å²) in [5, 5.41) is 0.309. The number of carbonyl (C=O) groups is 1. The number of hydrogen-bond donors (Lipinski definition) is 0. The Morgan fingerprint density at radius 1 is 1.42 bits per heavy atom. The second kappa shape index (κ2) is 5.04. The number of amides is 1. The molecule has 0 saturated heterocycles. The summed E-state index contributed by atoms with van der Waals surface area (Å²) in [6, 6.07) is 7.80. The van der Waals surface area contributed by atoms with Crippen LogP contribution in [0.3, 0.4) is 0 Å². The predicted octanol–water partition coefficient (Wildman–Crippen LogP) is 2.64. The lowest BCUT2D eigenvalue weighted by atomic mass is 9.84. The molecule has 1 amide bonds. The van der Waals surface area contributed by atoms with Gasteiger partial charge in [-0.2, -0.15) is 0 Å². The molecule has 0 bridgehead atoms. The first-order chi connectivity index (χ1) is 9.15. The van der Waals surface area contributed by atoms with Crippen LogP contribution in [0.4, 0.5) is 0 Å². The van der Waals surface area contributed by atoms with Crippen molar-refractivity contribution in [2.45, 2.75) is 24.1 Å². The van der Waals surface area contributed by atoms with E-state index in [1.54, 1.807) is 0 Å². The Balaban J connectivity index is 1.64. The van der Waals surface area contributed by atoms with Gasteiger partial charge in [0.15, 0.2) is 0 Å². The third-order valence-electron chi connectivity index (χ3n) is 4.08. The van der Waals surface area contributed by atoms with Gasteiger partial charge in [-0.05, 0) is 24.8 Å². The van der Waals surface area contributed by atoms with Crippen LogP contribution in [0.5, 0.6) is 5.75 Å².